The van der Waals surface area contributed by atoms with Crippen LogP contribution >= 0.6 is 27.3 Å². The van der Waals surface area contributed by atoms with Crippen LogP contribution in [-0.2, 0) is 0 Å². The van der Waals surface area contributed by atoms with Crippen molar-refractivity contribution in [2.24, 2.45) is 0 Å². The summed E-state index contributed by atoms with van der Waals surface area (Å²) >= 11 is 4.81. The predicted molar refractivity (Wildman–Crippen MR) is 68.6 cm³/mol. The topological polar surface area (TPSA) is 44.1 Å². The van der Waals surface area contributed by atoms with Gasteiger partial charge in [-0.3, -0.25) is 4.79 Å². The van der Waals surface area contributed by atoms with Crippen molar-refractivity contribution in [3.63, 3.8) is 0 Å². The normalized spacial score (nSPS) is 9.88. The molecule has 1 amide bonds. The molecule has 0 N–H and O–H groups in total. The lowest BCUT2D eigenvalue weighted by Gasteiger charge is -2.17. The van der Waals surface area contributed by atoms with Gasteiger partial charge in [-0.2, -0.15) is 5.26 Å². The van der Waals surface area contributed by atoms with Gasteiger partial charge in [0.25, 0.3) is 5.91 Å². The number of carbonyl (C=O) groups excluding carboxylic acids is 1. The van der Waals surface area contributed by atoms with Crippen LogP contribution in [0.25, 0.3) is 0 Å². The fraction of sp³-hybridized carbons (Fsp3) is 0.455. The second-order valence-electron chi connectivity index (χ2n) is 3.45. The molecule has 0 bridgehead atoms. The lowest BCUT2D eigenvalue weighted by atomic mass is 10.3. The van der Waals surface area contributed by atoms with Gasteiger partial charge in [0.15, 0.2) is 0 Å². The first kappa shape index (κ1) is 13.2. The smallest absolute Gasteiger partial charge is 0.264 e. The Morgan fingerprint density at radius 2 is 2.38 bits per heavy atom. The number of nitriles is 1. The summed E-state index contributed by atoms with van der Waals surface area (Å²) in [6.45, 7) is 4.72. The molecule has 0 aliphatic heterocycles. The third-order valence-corrected chi connectivity index (χ3v) is 4.23. The summed E-state index contributed by atoms with van der Waals surface area (Å²) in [6, 6.07) is 3.88. The molecule has 0 aliphatic carbocycles. The first-order chi connectivity index (χ1) is 7.60. The van der Waals surface area contributed by atoms with Crippen LogP contribution in [0.4, 0.5) is 0 Å². The highest BCUT2D eigenvalue weighted by Gasteiger charge is 2.17. The molecule has 0 saturated heterocycles. The number of aryl methyl sites for hydroxylation is 1. The molecule has 1 heterocycles. The molecule has 16 heavy (non-hydrogen) atoms. The zero-order chi connectivity index (χ0) is 12.1. The fourth-order valence-electron chi connectivity index (χ4n) is 1.33. The Hall–Kier alpha value is -0.860. The maximum Gasteiger partial charge on any atom is 0.264 e. The van der Waals surface area contributed by atoms with E-state index in [1.165, 1.54) is 11.3 Å². The molecule has 3 nitrogen and oxygen atoms in total. The maximum atomic E-state index is 12.1. The molecule has 0 atom stereocenters. The summed E-state index contributed by atoms with van der Waals surface area (Å²) in [5.74, 6) is -0.0535. The van der Waals surface area contributed by atoms with Crippen molar-refractivity contribution in [1.82, 2.24) is 4.90 Å². The largest absolute Gasteiger partial charge is 0.325 e. The summed E-state index contributed by atoms with van der Waals surface area (Å²) in [7, 11) is 0. The highest BCUT2D eigenvalue weighted by molar-refractivity contribution is 9.11. The van der Waals surface area contributed by atoms with E-state index in [4.69, 9.17) is 5.26 Å². The lowest BCUT2D eigenvalue weighted by Crippen LogP contribution is -2.31. The standard InChI is InChI=1S/C11H13BrN2OS/c1-3-5-14(6-4-13)11(15)9-7-8(2)10(12)16-9/h7H,3,5-6H2,1-2H3. The highest BCUT2D eigenvalue weighted by atomic mass is 79.9. The van der Waals surface area contributed by atoms with E-state index in [-0.39, 0.29) is 12.5 Å². The second kappa shape index (κ2) is 6.02. The minimum Gasteiger partial charge on any atom is -0.325 e. The van der Waals surface area contributed by atoms with Crippen molar-refractivity contribution in [2.45, 2.75) is 20.3 Å². The van der Waals surface area contributed by atoms with Gasteiger partial charge in [0.05, 0.1) is 14.7 Å². The molecule has 0 aliphatic rings. The predicted octanol–water partition coefficient (Wildman–Crippen LogP) is 3.19. The first-order valence-corrected chi connectivity index (χ1v) is 6.63. The molecule has 0 fully saturated rings. The van der Waals surface area contributed by atoms with E-state index in [9.17, 15) is 4.79 Å². The number of nitrogens with zero attached hydrogens (tertiary/aromatic N) is 2. The van der Waals surface area contributed by atoms with Crippen molar-refractivity contribution >= 4 is 33.2 Å². The van der Waals surface area contributed by atoms with Crippen molar-refractivity contribution in [3.05, 3.63) is 20.3 Å². The zero-order valence-corrected chi connectivity index (χ0v) is 11.7. The number of hydrogen-bond acceptors (Lipinski definition) is 3. The van der Waals surface area contributed by atoms with Gasteiger partial charge in [0.1, 0.15) is 6.54 Å². The quantitative estimate of drug-likeness (QED) is 0.802. The van der Waals surface area contributed by atoms with Crippen LogP contribution in [0.5, 0.6) is 0 Å². The molecule has 1 aromatic rings. The average molecular weight is 301 g/mol. The van der Waals surface area contributed by atoms with Gasteiger partial charge in [-0.1, -0.05) is 6.92 Å². The van der Waals surface area contributed by atoms with Crippen LogP contribution in [0.2, 0.25) is 0 Å². The molecular formula is C11H13BrN2OS. The number of rotatable bonds is 4. The number of thiophene rings is 1. The van der Waals surface area contributed by atoms with E-state index in [1.54, 1.807) is 4.90 Å². The Balaban J connectivity index is 2.86. The van der Waals surface area contributed by atoms with E-state index >= 15 is 0 Å². The average Bonchev–Trinajstić information content (AvgIpc) is 2.58. The Morgan fingerprint density at radius 1 is 1.69 bits per heavy atom. The third kappa shape index (κ3) is 3.06. The monoisotopic (exact) mass is 300 g/mol. The van der Waals surface area contributed by atoms with E-state index in [0.717, 1.165) is 15.8 Å². The number of carbonyl (C=O) groups is 1. The molecule has 0 spiro atoms. The summed E-state index contributed by atoms with van der Waals surface area (Å²) in [6.07, 6.45) is 0.860. The minimum absolute atomic E-state index is 0.0535. The summed E-state index contributed by atoms with van der Waals surface area (Å²) in [5, 5.41) is 8.67. The second-order valence-corrected chi connectivity index (χ2v) is 5.82. The number of amides is 1. The summed E-state index contributed by atoms with van der Waals surface area (Å²) < 4.78 is 0.976. The Bertz CT molecular complexity index is 403. The Kier molecular flexibility index (Phi) is 4.97. The Morgan fingerprint density at radius 3 is 2.81 bits per heavy atom. The molecule has 86 valence electrons. The highest BCUT2D eigenvalue weighted by Crippen LogP contribution is 2.28. The third-order valence-electron chi connectivity index (χ3n) is 2.11. The van der Waals surface area contributed by atoms with Gasteiger partial charge in [-0.25, -0.2) is 0 Å². The van der Waals surface area contributed by atoms with Crippen LogP contribution < -0.4 is 0 Å². The van der Waals surface area contributed by atoms with Crippen LogP contribution in [0.15, 0.2) is 9.85 Å². The molecule has 0 radical (unpaired) electrons. The lowest BCUT2D eigenvalue weighted by molar-refractivity contribution is 0.0781. The van der Waals surface area contributed by atoms with E-state index in [1.807, 2.05) is 26.0 Å². The van der Waals surface area contributed by atoms with Gasteiger partial charge < -0.3 is 4.90 Å². The van der Waals surface area contributed by atoms with Crippen molar-refractivity contribution in [1.29, 1.82) is 5.26 Å². The molecule has 0 unspecified atom stereocenters. The first-order valence-electron chi connectivity index (χ1n) is 5.02. The van der Waals surface area contributed by atoms with E-state index in [0.29, 0.717) is 11.4 Å². The molecule has 1 aromatic heterocycles. The van der Waals surface area contributed by atoms with E-state index in [2.05, 4.69) is 15.9 Å². The SMILES string of the molecule is CCCN(CC#N)C(=O)c1cc(C)c(Br)s1. The molecule has 1 rings (SSSR count). The molecule has 0 saturated carbocycles. The number of halogens is 1. The van der Waals surface area contributed by atoms with Crippen LogP contribution in [0.3, 0.4) is 0 Å². The Labute approximate surface area is 108 Å². The molecule has 0 aromatic carbocycles. The minimum atomic E-state index is -0.0535. The van der Waals surface area contributed by atoms with Gasteiger partial charge in [-0.15, -0.1) is 11.3 Å². The zero-order valence-electron chi connectivity index (χ0n) is 9.29. The van der Waals surface area contributed by atoms with Gasteiger partial charge >= 0.3 is 0 Å². The maximum absolute atomic E-state index is 12.1. The van der Waals surface area contributed by atoms with Crippen LogP contribution in [0.1, 0.15) is 28.6 Å². The number of hydrogen-bond donors (Lipinski definition) is 0. The van der Waals surface area contributed by atoms with Crippen molar-refractivity contribution in [2.75, 3.05) is 13.1 Å². The summed E-state index contributed by atoms with van der Waals surface area (Å²) in [4.78, 5) is 14.3. The van der Waals surface area contributed by atoms with Crippen LogP contribution in [0, 0.1) is 18.3 Å². The van der Waals surface area contributed by atoms with Crippen LogP contribution in [-0.4, -0.2) is 23.9 Å². The summed E-state index contributed by atoms with van der Waals surface area (Å²) in [5.41, 5.74) is 1.06. The van der Waals surface area contributed by atoms with Crippen molar-refractivity contribution in [3.8, 4) is 6.07 Å². The molecular weight excluding hydrogens is 288 g/mol. The van der Waals surface area contributed by atoms with Gasteiger partial charge in [-0.05, 0) is 40.9 Å². The van der Waals surface area contributed by atoms with Gasteiger partial charge in [0, 0.05) is 6.54 Å². The van der Waals surface area contributed by atoms with Crippen molar-refractivity contribution < 1.29 is 4.79 Å². The molecule has 5 heteroatoms. The fourth-order valence-corrected chi connectivity index (χ4v) is 2.83. The van der Waals surface area contributed by atoms with E-state index < -0.39 is 0 Å². The van der Waals surface area contributed by atoms with Gasteiger partial charge in [0.2, 0.25) is 0 Å².